The SMILES string of the molecule is O=C(O)Cc1cc(OCCCNCC(Cc2cccc(C(F)(F)F)c2Cl)(c2ccccc2)c2ccccc2)no1. The number of carboxylic acid groups (broad SMARTS) is 1. The molecule has 2 N–H and O–H groups in total. The van der Waals surface area contributed by atoms with Crippen molar-refractivity contribution in [2.24, 2.45) is 0 Å². The highest BCUT2D eigenvalue weighted by Crippen LogP contribution is 2.41. The van der Waals surface area contributed by atoms with Gasteiger partial charge in [-0.25, -0.2) is 0 Å². The molecule has 0 unspecified atom stereocenters. The van der Waals surface area contributed by atoms with Crippen molar-refractivity contribution in [3.05, 3.63) is 118 Å². The Kier molecular flexibility index (Phi) is 9.50. The van der Waals surface area contributed by atoms with Gasteiger partial charge >= 0.3 is 12.1 Å². The first kappa shape index (κ1) is 29.2. The first-order valence-corrected chi connectivity index (χ1v) is 13.0. The van der Waals surface area contributed by atoms with E-state index in [0.29, 0.717) is 31.7 Å². The zero-order valence-electron chi connectivity index (χ0n) is 21.5. The predicted molar refractivity (Wildman–Crippen MR) is 145 cm³/mol. The first-order valence-electron chi connectivity index (χ1n) is 12.7. The van der Waals surface area contributed by atoms with Crippen LogP contribution < -0.4 is 10.1 Å². The number of nitrogens with one attached hydrogen (secondary N) is 1. The molecule has 0 saturated heterocycles. The molecule has 0 radical (unpaired) electrons. The van der Waals surface area contributed by atoms with E-state index in [1.54, 1.807) is 6.07 Å². The molecule has 210 valence electrons. The molecule has 0 spiro atoms. The molecular weight excluding hydrogens is 545 g/mol. The minimum atomic E-state index is -4.56. The van der Waals surface area contributed by atoms with Crippen LogP contribution in [0.15, 0.2) is 89.5 Å². The summed E-state index contributed by atoms with van der Waals surface area (Å²) in [7, 11) is 0. The first-order chi connectivity index (χ1) is 19.2. The van der Waals surface area contributed by atoms with Crippen LogP contribution in [0.5, 0.6) is 5.88 Å². The van der Waals surface area contributed by atoms with Crippen LogP contribution in [0.3, 0.4) is 0 Å². The lowest BCUT2D eigenvalue weighted by molar-refractivity contribution is -0.138. The Hall–Kier alpha value is -3.82. The molecule has 0 atom stereocenters. The summed E-state index contributed by atoms with van der Waals surface area (Å²) in [6, 6.07) is 24.8. The summed E-state index contributed by atoms with van der Waals surface area (Å²) in [5.74, 6) is -0.624. The molecular formula is C30H28ClF3N2O4. The van der Waals surface area contributed by atoms with Gasteiger partial charge in [0.15, 0.2) is 5.76 Å². The lowest BCUT2D eigenvalue weighted by Crippen LogP contribution is -2.42. The number of hydrogen-bond acceptors (Lipinski definition) is 5. The standard InChI is InChI=1S/C30H28ClF3N2O4/c31-28-21(9-7-14-25(28)30(32,33)34)19-29(22-10-3-1-4-11-22,23-12-5-2-6-13-23)20-35-15-8-16-39-26-17-24(40-36-26)18-27(37)38/h1-7,9-14,17,35H,8,15-16,18-20H2,(H,37,38). The molecule has 10 heteroatoms. The number of hydrogen-bond donors (Lipinski definition) is 2. The molecule has 0 aliphatic rings. The second kappa shape index (κ2) is 13.0. The van der Waals surface area contributed by atoms with Gasteiger partial charge < -0.3 is 19.7 Å². The van der Waals surface area contributed by atoms with E-state index in [4.69, 9.17) is 26.0 Å². The van der Waals surface area contributed by atoms with Gasteiger partial charge in [-0.3, -0.25) is 4.79 Å². The Labute approximate surface area is 234 Å². The molecule has 0 aliphatic heterocycles. The number of carbonyl (C=O) groups is 1. The van der Waals surface area contributed by atoms with E-state index >= 15 is 0 Å². The third-order valence-electron chi connectivity index (χ3n) is 6.57. The van der Waals surface area contributed by atoms with Crippen molar-refractivity contribution in [3.8, 4) is 5.88 Å². The Morgan fingerprint density at radius 1 is 0.975 bits per heavy atom. The molecule has 0 bridgehead atoms. The van der Waals surface area contributed by atoms with Crippen molar-refractivity contribution < 1.29 is 32.3 Å². The molecule has 0 amide bonds. The minimum absolute atomic E-state index is 0.199. The van der Waals surface area contributed by atoms with Gasteiger partial charge in [0.1, 0.15) is 6.42 Å². The van der Waals surface area contributed by atoms with Gasteiger partial charge in [-0.2, -0.15) is 13.2 Å². The van der Waals surface area contributed by atoms with Crippen molar-refractivity contribution in [3.63, 3.8) is 0 Å². The number of alkyl halides is 3. The van der Waals surface area contributed by atoms with Crippen molar-refractivity contribution in [1.29, 1.82) is 0 Å². The number of aromatic nitrogens is 1. The van der Waals surface area contributed by atoms with Crippen LogP contribution in [0.25, 0.3) is 0 Å². The minimum Gasteiger partial charge on any atom is -0.481 e. The molecule has 3 aromatic carbocycles. The number of benzene rings is 3. The number of rotatable bonds is 13. The smallest absolute Gasteiger partial charge is 0.417 e. The Balaban J connectivity index is 1.54. The van der Waals surface area contributed by atoms with Crippen molar-refractivity contribution in [1.82, 2.24) is 10.5 Å². The number of aliphatic carboxylic acids is 1. The molecule has 4 rings (SSSR count). The second-order valence-corrected chi connectivity index (χ2v) is 9.73. The van der Waals surface area contributed by atoms with E-state index in [0.717, 1.165) is 17.2 Å². The summed E-state index contributed by atoms with van der Waals surface area (Å²) in [6.45, 7) is 1.26. The van der Waals surface area contributed by atoms with Gasteiger partial charge in [0.25, 0.3) is 5.88 Å². The topological polar surface area (TPSA) is 84.6 Å². The van der Waals surface area contributed by atoms with Crippen LogP contribution >= 0.6 is 11.6 Å². The molecule has 1 aromatic heterocycles. The van der Waals surface area contributed by atoms with Crippen molar-refractivity contribution in [2.45, 2.75) is 30.9 Å². The third-order valence-corrected chi connectivity index (χ3v) is 7.01. The molecule has 0 saturated carbocycles. The van der Waals surface area contributed by atoms with Gasteiger partial charge in [0, 0.05) is 18.0 Å². The number of nitrogens with zero attached hydrogens (tertiary/aromatic N) is 1. The molecule has 4 aromatic rings. The third kappa shape index (κ3) is 7.22. The van der Waals surface area contributed by atoms with E-state index < -0.39 is 23.1 Å². The lowest BCUT2D eigenvalue weighted by Gasteiger charge is -2.36. The highest BCUT2D eigenvalue weighted by molar-refractivity contribution is 6.32. The summed E-state index contributed by atoms with van der Waals surface area (Å²) in [6.07, 6.45) is -4.02. The van der Waals surface area contributed by atoms with Gasteiger partial charge in [-0.1, -0.05) is 84.4 Å². The average Bonchev–Trinajstić information content (AvgIpc) is 3.37. The van der Waals surface area contributed by atoms with Crippen molar-refractivity contribution >= 4 is 17.6 Å². The largest absolute Gasteiger partial charge is 0.481 e. The fourth-order valence-electron chi connectivity index (χ4n) is 4.68. The second-order valence-electron chi connectivity index (χ2n) is 9.35. The fourth-order valence-corrected chi connectivity index (χ4v) is 4.98. The van der Waals surface area contributed by atoms with E-state index in [9.17, 15) is 18.0 Å². The van der Waals surface area contributed by atoms with Crippen molar-refractivity contribution in [2.75, 3.05) is 19.7 Å². The summed E-state index contributed by atoms with van der Waals surface area (Å²) in [5, 5.41) is 15.7. The van der Waals surface area contributed by atoms with E-state index in [2.05, 4.69) is 10.5 Å². The number of carboxylic acids is 1. The van der Waals surface area contributed by atoms with Gasteiger partial charge in [0.2, 0.25) is 0 Å². The number of ether oxygens (including phenoxy) is 1. The zero-order valence-corrected chi connectivity index (χ0v) is 22.2. The van der Waals surface area contributed by atoms with Crippen LogP contribution in [0.4, 0.5) is 13.2 Å². The van der Waals surface area contributed by atoms with Crippen LogP contribution in [-0.4, -0.2) is 35.9 Å². The maximum Gasteiger partial charge on any atom is 0.417 e. The fraction of sp³-hybridized carbons (Fsp3) is 0.267. The van der Waals surface area contributed by atoms with Crippen LogP contribution in [-0.2, 0) is 29.2 Å². The molecule has 6 nitrogen and oxygen atoms in total. The van der Waals surface area contributed by atoms with E-state index in [1.165, 1.54) is 12.1 Å². The normalized spacial score (nSPS) is 11.9. The zero-order chi connectivity index (χ0) is 28.6. The summed E-state index contributed by atoms with van der Waals surface area (Å²) < 4.78 is 51.5. The highest BCUT2D eigenvalue weighted by atomic mass is 35.5. The van der Waals surface area contributed by atoms with Gasteiger partial charge in [-0.15, -0.1) is 0 Å². The Morgan fingerprint density at radius 3 is 2.23 bits per heavy atom. The Morgan fingerprint density at radius 2 is 1.62 bits per heavy atom. The monoisotopic (exact) mass is 572 g/mol. The predicted octanol–water partition coefficient (Wildman–Crippen LogP) is 6.56. The Bertz CT molecular complexity index is 1360. The van der Waals surface area contributed by atoms with E-state index in [-0.39, 0.29) is 29.5 Å². The average molecular weight is 573 g/mol. The molecule has 0 aliphatic carbocycles. The lowest BCUT2D eigenvalue weighted by atomic mass is 9.70. The van der Waals surface area contributed by atoms with Crippen LogP contribution in [0.2, 0.25) is 5.02 Å². The molecule has 40 heavy (non-hydrogen) atoms. The number of halogens is 4. The summed E-state index contributed by atoms with van der Waals surface area (Å²) in [5.41, 5.74) is 0.692. The van der Waals surface area contributed by atoms with Gasteiger partial charge in [0.05, 0.1) is 17.2 Å². The maximum absolute atomic E-state index is 13.7. The molecule has 1 heterocycles. The molecule has 0 fully saturated rings. The summed E-state index contributed by atoms with van der Waals surface area (Å²) in [4.78, 5) is 10.8. The maximum atomic E-state index is 13.7. The van der Waals surface area contributed by atoms with E-state index in [1.807, 2.05) is 60.7 Å². The highest BCUT2D eigenvalue weighted by Gasteiger charge is 2.38. The van der Waals surface area contributed by atoms with Gasteiger partial charge in [-0.05, 0) is 47.3 Å². The summed E-state index contributed by atoms with van der Waals surface area (Å²) >= 11 is 6.36. The van der Waals surface area contributed by atoms with Crippen LogP contribution in [0.1, 0.15) is 34.4 Å². The quantitative estimate of drug-likeness (QED) is 0.177. The van der Waals surface area contributed by atoms with Crippen LogP contribution in [0, 0.1) is 0 Å².